The molecule has 30 heavy (non-hydrogen) atoms. The number of hydrogen-bond acceptors (Lipinski definition) is 6. The minimum atomic E-state index is -0.00367. The van der Waals surface area contributed by atoms with Gasteiger partial charge in [-0.2, -0.15) is 0 Å². The topological polar surface area (TPSA) is 74.5 Å². The summed E-state index contributed by atoms with van der Waals surface area (Å²) in [6.45, 7) is 4.17. The number of nitrogens with zero attached hydrogens (tertiary/aromatic N) is 4. The number of anilines is 1. The van der Waals surface area contributed by atoms with Crippen molar-refractivity contribution in [1.29, 1.82) is 0 Å². The second-order valence-electron chi connectivity index (χ2n) is 7.09. The number of hydrogen-bond donors (Lipinski definition) is 1. The van der Waals surface area contributed by atoms with Crippen LogP contribution in [0.3, 0.4) is 0 Å². The highest BCUT2D eigenvalue weighted by Gasteiger charge is 2.21. The molecule has 1 amide bonds. The van der Waals surface area contributed by atoms with Crippen molar-refractivity contribution in [2.24, 2.45) is 0 Å². The summed E-state index contributed by atoms with van der Waals surface area (Å²) in [5.74, 6) is 0.908. The molecule has 0 radical (unpaired) electrons. The Labute approximate surface area is 184 Å². The predicted molar refractivity (Wildman–Crippen MR) is 117 cm³/mol. The van der Waals surface area contributed by atoms with Gasteiger partial charge in [-0.05, 0) is 30.3 Å². The summed E-state index contributed by atoms with van der Waals surface area (Å²) in [5, 5.41) is 12.2. The fourth-order valence-electron chi connectivity index (χ4n) is 3.31. The van der Waals surface area contributed by atoms with Crippen molar-refractivity contribution in [2.45, 2.75) is 6.54 Å². The van der Waals surface area contributed by atoms with Gasteiger partial charge >= 0.3 is 0 Å². The summed E-state index contributed by atoms with van der Waals surface area (Å²) < 4.78 is 5.78. The number of aromatic nitrogens is 2. The first-order valence-corrected chi connectivity index (χ1v) is 10.4. The third kappa shape index (κ3) is 5.37. The fourth-order valence-corrected chi connectivity index (χ4v) is 3.80. The average Bonchev–Trinajstić information content (AvgIpc) is 3.18. The monoisotopic (exact) mass is 445 g/mol. The summed E-state index contributed by atoms with van der Waals surface area (Å²) in [7, 11) is 0. The molecule has 0 unspecified atom stereocenters. The number of nitrogens with one attached hydrogen (secondary N) is 1. The van der Waals surface area contributed by atoms with E-state index in [1.54, 1.807) is 18.2 Å². The van der Waals surface area contributed by atoms with Gasteiger partial charge in [0.2, 0.25) is 17.7 Å². The third-order valence-corrected chi connectivity index (χ3v) is 5.42. The molecule has 0 atom stereocenters. The van der Waals surface area contributed by atoms with E-state index in [-0.39, 0.29) is 5.91 Å². The van der Waals surface area contributed by atoms with E-state index in [4.69, 9.17) is 27.6 Å². The summed E-state index contributed by atoms with van der Waals surface area (Å²) in [6.07, 6.45) is 0. The number of amides is 1. The van der Waals surface area contributed by atoms with Crippen LogP contribution in [0.2, 0.25) is 10.0 Å². The first-order valence-electron chi connectivity index (χ1n) is 9.64. The molecule has 1 saturated heterocycles. The van der Waals surface area contributed by atoms with Gasteiger partial charge in [0, 0.05) is 36.9 Å². The standard InChI is InChI=1S/C21H21Cl2N5O2/c22-15-6-7-17(18(23)12-15)21-26-25-20(30-21)14-28-10-8-27(9-11-28)13-19(29)24-16-4-2-1-3-5-16/h1-7,12H,8-11,13-14H2,(H,24,29). The van der Waals surface area contributed by atoms with Crippen molar-refractivity contribution < 1.29 is 9.21 Å². The van der Waals surface area contributed by atoms with E-state index in [0.717, 1.165) is 31.9 Å². The number of halogens is 2. The molecule has 2 heterocycles. The van der Waals surface area contributed by atoms with Gasteiger partial charge in [0.05, 0.1) is 23.7 Å². The van der Waals surface area contributed by atoms with E-state index >= 15 is 0 Å². The van der Waals surface area contributed by atoms with Gasteiger partial charge in [0.15, 0.2) is 0 Å². The minimum Gasteiger partial charge on any atom is -0.419 e. The Hall–Kier alpha value is -2.45. The molecule has 0 spiro atoms. The van der Waals surface area contributed by atoms with Crippen LogP contribution in [0, 0.1) is 0 Å². The molecule has 4 rings (SSSR count). The molecule has 9 heteroatoms. The first-order chi connectivity index (χ1) is 14.6. The maximum absolute atomic E-state index is 12.2. The van der Waals surface area contributed by atoms with Crippen molar-refractivity contribution in [2.75, 3.05) is 38.0 Å². The zero-order chi connectivity index (χ0) is 20.9. The highest BCUT2D eigenvalue weighted by molar-refractivity contribution is 6.36. The van der Waals surface area contributed by atoms with Crippen LogP contribution in [-0.2, 0) is 11.3 Å². The number of piperazine rings is 1. The zero-order valence-electron chi connectivity index (χ0n) is 16.2. The SMILES string of the molecule is O=C(CN1CCN(Cc2nnc(-c3ccc(Cl)cc3Cl)o2)CC1)Nc1ccccc1. The van der Waals surface area contributed by atoms with Gasteiger partial charge in [-0.3, -0.25) is 14.6 Å². The Morgan fingerprint density at radius 3 is 2.47 bits per heavy atom. The van der Waals surface area contributed by atoms with Crippen LogP contribution >= 0.6 is 23.2 Å². The number of benzene rings is 2. The molecule has 0 saturated carbocycles. The second-order valence-corrected chi connectivity index (χ2v) is 7.94. The molecule has 1 aromatic heterocycles. The summed E-state index contributed by atoms with van der Waals surface area (Å²) >= 11 is 12.1. The lowest BCUT2D eigenvalue weighted by Gasteiger charge is -2.33. The maximum atomic E-state index is 12.2. The molecular weight excluding hydrogens is 425 g/mol. The molecule has 1 N–H and O–H groups in total. The number of carbonyl (C=O) groups excluding carboxylic acids is 1. The van der Waals surface area contributed by atoms with Gasteiger partial charge in [-0.15, -0.1) is 10.2 Å². The Balaban J connectivity index is 1.26. The molecule has 0 aliphatic carbocycles. The highest BCUT2D eigenvalue weighted by Crippen LogP contribution is 2.29. The van der Waals surface area contributed by atoms with E-state index in [9.17, 15) is 4.79 Å². The lowest BCUT2D eigenvalue weighted by molar-refractivity contribution is -0.117. The molecule has 156 valence electrons. The Morgan fingerprint density at radius 2 is 1.73 bits per heavy atom. The van der Waals surface area contributed by atoms with Crippen LogP contribution in [0.4, 0.5) is 5.69 Å². The van der Waals surface area contributed by atoms with Crippen LogP contribution in [-0.4, -0.2) is 58.6 Å². The van der Waals surface area contributed by atoms with Crippen LogP contribution < -0.4 is 5.32 Å². The summed E-state index contributed by atoms with van der Waals surface area (Å²) in [6, 6.07) is 14.6. The molecular formula is C21H21Cl2N5O2. The van der Waals surface area contributed by atoms with Crippen molar-refractivity contribution in [3.05, 3.63) is 64.5 Å². The van der Waals surface area contributed by atoms with E-state index < -0.39 is 0 Å². The molecule has 0 bridgehead atoms. The number of para-hydroxylation sites is 1. The number of carbonyl (C=O) groups is 1. The number of rotatable bonds is 6. The van der Waals surface area contributed by atoms with Gasteiger partial charge in [0.25, 0.3) is 0 Å². The highest BCUT2D eigenvalue weighted by atomic mass is 35.5. The van der Waals surface area contributed by atoms with Crippen molar-refractivity contribution in [1.82, 2.24) is 20.0 Å². The third-order valence-electron chi connectivity index (χ3n) is 4.88. The first kappa shape index (κ1) is 20.8. The van der Waals surface area contributed by atoms with Crippen molar-refractivity contribution in [3.63, 3.8) is 0 Å². The maximum Gasteiger partial charge on any atom is 0.249 e. The molecule has 7 nitrogen and oxygen atoms in total. The van der Waals surface area contributed by atoms with Gasteiger partial charge < -0.3 is 9.73 Å². The molecule has 3 aromatic rings. The van der Waals surface area contributed by atoms with Crippen LogP contribution in [0.5, 0.6) is 0 Å². The second kappa shape index (κ2) is 9.57. The predicted octanol–water partition coefficient (Wildman–Crippen LogP) is 3.80. The molecule has 2 aromatic carbocycles. The van der Waals surface area contributed by atoms with Gasteiger partial charge in [-0.25, -0.2) is 0 Å². The van der Waals surface area contributed by atoms with Gasteiger partial charge in [0.1, 0.15) is 0 Å². The van der Waals surface area contributed by atoms with E-state index in [1.807, 2.05) is 30.3 Å². The lowest BCUT2D eigenvalue weighted by atomic mass is 10.2. The molecule has 1 fully saturated rings. The Bertz CT molecular complexity index is 1000. The summed E-state index contributed by atoms with van der Waals surface area (Å²) in [4.78, 5) is 16.6. The largest absolute Gasteiger partial charge is 0.419 e. The van der Waals surface area contributed by atoms with Crippen LogP contribution in [0.1, 0.15) is 5.89 Å². The molecule has 1 aliphatic heterocycles. The van der Waals surface area contributed by atoms with Crippen molar-refractivity contribution >= 4 is 34.8 Å². The quantitative estimate of drug-likeness (QED) is 0.621. The lowest BCUT2D eigenvalue weighted by Crippen LogP contribution is -2.48. The van der Waals surface area contributed by atoms with E-state index in [1.165, 1.54) is 0 Å². The minimum absolute atomic E-state index is 0.00367. The van der Waals surface area contributed by atoms with Gasteiger partial charge in [-0.1, -0.05) is 41.4 Å². The average molecular weight is 446 g/mol. The Kier molecular flexibility index (Phi) is 6.64. The van der Waals surface area contributed by atoms with Crippen LogP contribution in [0.25, 0.3) is 11.5 Å². The zero-order valence-corrected chi connectivity index (χ0v) is 17.7. The van der Waals surface area contributed by atoms with Crippen molar-refractivity contribution in [3.8, 4) is 11.5 Å². The normalized spacial score (nSPS) is 15.3. The smallest absolute Gasteiger partial charge is 0.249 e. The van der Waals surface area contributed by atoms with E-state index in [0.29, 0.717) is 40.5 Å². The Morgan fingerprint density at radius 1 is 1.00 bits per heavy atom. The molecule has 1 aliphatic rings. The summed E-state index contributed by atoms with van der Waals surface area (Å²) in [5.41, 5.74) is 1.48. The van der Waals surface area contributed by atoms with Crippen LogP contribution in [0.15, 0.2) is 52.9 Å². The van der Waals surface area contributed by atoms with E-state index in [2.05, 4.69) is 25.3 Å². The fraction of sp³-hybridized carbons (Fsp3) is 0.286.